The zero-order chi connectivity index (χ0) is 13.7. The summed E-state index contributed by atoms with van der Waals surface area (Å²) in [5, 5.41) is 9.15. The van der Waals surface area contributed by atoms with Crippen LogP contribution in [0.5, 0.6) is 0 Å². The molecule has 0 spiro atoms. The van der Waals surface area contributed by atoms with Gasteiger partial charge < -0.3 is 15.4 Å². The van der Waals surface area contributed by atoms with Crippen molar-refractivity contribution in [1.29, 1.82) is 0 Å². The number of methoxy groups -OCH3 is 1. The smallest absolute Gasteiger partial charge is 0.313 e. The second-order valence-electron chi connectivity index (χ2n) is 3.87. The quantitative estimate of drug-likeness (QED) is 0.572. The fourth-order valence-corrected chi connectivity index (χ4v) is 1.47. The molecule has 0 fully saturated rings. The van der Waals surface area contributed by atoms with Gasteiger partial charge in [0, 0.05) is 20.7 Å². The van der Waals surface area contributed by atoms with E-state index in [9.17, 15) is 9.59 Å². The van der Waals surface area contributed by atoms with E-state index in [0.29, 0.717) is 24.5 Å². The van der Waals surface area contributed by atoms with Crippen molar-refractivity contribution in [3.8, 4) is 0 Å². The van der Waals surface area contributed by atoms with Gasteiger partial charge in [-0.3, -0.25) is 14.3 Å². The molecule has 0 atom stereocenters. The van der Waals surface area contributed by atoms with Gasteiger partial charge in [-0.15, -0.1) is 0 Å². The molecule has 7 heteroatoms. The van der Waals surface area contributed by atoms with E-state index < -0.39 is 11.8 Å². The topological polar surface area (TPSA) is 85.2 Å². The summed E-state index contributed by atoms with van der Waals surface area (Å²) in [6, 6.07) is 0. The van der Waals surface area contributed by atoms with Gasteiger partial charge in [-0.25, -0.2) is 0 Å². The van der Waals surface area contributed by atoms with Crippen molar-refractivity contribution in [3.05, 3.63) is 11.4 Å². The van der Waals surface area contributed by atoms with Crippen LogP contribution in [0.4, 0.5) is 5.69 Å². The number of aryl methyl sites for hydroxylation is 2. The van der Waals surface area contributed by atoms with Gasteiger partial charge in [0.1, 0.15) is 0 Å². The Morgan fingerprint density at radius 1 is 1.33 bits per heavy atom. The normalized spacial score (nSPS) is 10.2. The van der Waals surface area contributed by atoms with Crippen molar-refractivity contribution in [2.75, 3.05) is 25.6 Å². The molecule has 0 bridgehead atoms. The number of rotatable bonds is 4. The SMILES string of the molecule is COCCNC(=O)C(=O)Nc1c(C)nn(C)c1C. The molecule has 0 aliphatic rings. The molecule has 1 aromatic heterocycles. The second-order valence-corrected chi connectivity index (χ2v) is 3.87. The standard InChI is InChI=1S/C11H18N4O3/c1-7-9(8(2)15(3)14-7)13-11(17)10(16)12-5-6-18-4/h5-6H2,1-4H3,(H,12,16)(H,13,17). The molecular weight excluding hydrogens is 236 g/mol. The summed E-state index contributed by atoms with van der Waals surface area (Å²) in [4.78, 5) is 23.1. The Kier molecular flexibility index (Phi) is 4.85. The minimum atomic E-state index is -0.703. The van der Waals surface area contributed by atoms with Crippen LogP contribution >= 0.6 is 0 Å². The predicted molar refractivity (Wildman–Crippen MR) is 66.2 cm³/mol. The van der Waals surface area contributed by atoms with Crippen molar-refractivity contribution in [2.24, 2.45) is 7.05 Å². The summed E-state index contributed by atoms with van der Waals surface area (Å²) < 4.78 is 6.42. The molecule has 0 saturated heterocycles. The highest BCUT2D eigenvalue weighted by Crippen LogP contribution is 2.17. The van der Waals surface area contributed by atoms with E-state index in [0.717, 1.165) is 5.69 Å². The first-order valence-electron chi connectivity index (χ1n) is 5.55. The first-order chi connectivity index (χ1) is 8.47. The Morgan fingerprint density at radius 2 is 2.00 bits per heavy atom. The van der Waals surface area contributed by atoms with Crippen LogP contribution in [-0.2, 0) is 21.4 Å². The average molecular weight is 254 g/mol. The summed E-state index contributed by atoms with van der Waals surface area (Å²) in [6.45, 7) is 4.25. The van der Waals surface area contributed by atoms with Gasteiger partial charge in [0.2, 0.25) is 0 Å². The molecule has 18 heavy (non-hydrogen) atoms. The van der Waals surface area contributed by atoms with E-state index in [1.807, 2.05) is 6.92 Å². The highest BCUT2D eigenvalue weighted by Gasteiger charge is 2.17. The van der Waals surface area contributed by atoms with E-state index in [1.165, 1.54) is 7.11 Å². The number of aromatic nitrogens is 2. The predicted octanol–water partition coefficient (Wildman–Crippen LogP) is -0.262. The van der Waals surface area contributed by atoms with Crippen LogP contribution in [-0.4, -0.2) is 41.9 Å². The molecule has 2 amide bonds. The van der Waals surface area contributed by atoms with Gasteiger partial charge in [0.15, 0.2) is 0 Å². The fraction of sp³-hybridized carbons (Fsp3) is 0.545. The van der Waals surface area contributed by atoms with Crippen LogP contribution in [0.25, 0.3) is 0 Å². The Bertz CT molecular complexity index is 453. The summed E-state index contributed by atoms with van der Waals surface area (Å²) in [5.74, 6) is -1.39. The van der Waals surface area contributed by atoms with Gasteiger partial charge in [-0.05, 0) is 13.8 Å². The van der Waals surface area contributed by atoms with Gasteiger partial charge in [-0.1, -0.05) is 0 Å². The number of carbonyl (C=O) groups excluding carboxylic acids is 2. The van der Waals surface area contributed by atoms with Crippen LogP contribution < -0.4 is 10.6 Å². The summed E-state index contributed by atoms with van der Waals surface area (Å²) in [6.07, 6.45) is 0. The average Bonchev–Trinajstić information content (AvgIpc) is 2.56. The lowest BCUT2D eigenvalue weighted by atomic mass is 10.3. The molecule has 0 aliphatic carbocycles. The molecule has 0 radical (unpaired) electrons. The summed E-state index contributed by atoms with van der Waals surface area (Å²) in [7, 11) is 3.30. The lowest BCUT2D eigenvalue weighted by Gasteiger charge is -2.06. The second kappa shape index (κ2) is 6.15. The van der Waals surface area contributed by atoms with Crippen molar-refractivity contribution in [2.45, 2.75) is 13.8 Å². The van der Waals surface area contributed by atoms with E-state index >= 15 is 0 Å². The molecule has 0 saturated carbocycles. The van der Waals surface area contributed by atoms with E-state index in [1.54, 1.807) is 18.7 Å². The number of nitrogens with zero attached hydrogens (tertiary/aromatic N) is 2. The Balaban J connectivity index is 2.61. The van der Waals surface area contributed by atoms with Crippen LogP contribution in [0, 0.1) is 13.8 Å². The summed E-state index contributed by atoms with van der Waals surface area (Å²) >= 11 is 0. The Labute approximate surface area is 105 Å². The fourth-order valence-electron chi connectivity index (χ4n) is 1.47. The van der Waals surface area contributed by atoms with Crippen molar-refractivity contribution < 1.29 is 14.3 Å². The minimum Gasteiger partial charge on any atom is -0.383 e. The first-order valence-corrected chi connectivity index (χ1v) is 5.55. The number of hydrogen-bond donors (Lipinski definition) is 2. The maximum absolute atomic E-state index is 11.6. The van der Waals surface area contributed by atoms with Gasteiger partial charge in [0.05, 0.1) is 23.7 Å². The molecule has 1 aromatic rings. The lowest BCUT2D eigenvalue weighted by molar-refractivity contribution is -0.136. The number of hydrogen-bond acceptors (Lipinski definition) is 4. The van der Waals surface area contributed by atoms with Crippen molar-refractivity contribution in [1.82, 2.24) is 15.1 Å². The van der Waals surface area contributed by atoms with Crippen LogP contribution in [0.3, 0.4) is 0 Å². The van der Waals surface area contributed by atoms with Gasteiger partial charge in [-0.2, -0.15) is 5.10 Å². The van der Waals surface area contributed by atoms with E-state index in [4.69, 9.17) is 4.74 Å². The zero-order valence-corrected chi connectivity index (χ0v) is 11.0. The molecular formula is C11H18N4O3. The lowest BCUT2D eigenvalue weighted by Crippen LogP contribution is -2.37. The number of amides is 2. The monoisotopic (exact) mass is 254 g/mol. The van der Waals surface area contributed by atoms with Gasteiger partial charge in [0.25, 0.3) is 0 Å². The number of carbonyl (C=O) groups is 2. The molecule has 7 nitrogen and oxygen atoms in total. The number of ether oxygens (including phenoxy) is 1. The Hall–Kier alpha value is -1.89. The molecule has 100 valence electrons. The molecule has 0 aliphatic heterocycles. The van der Waals surface area contributed by atoms with E-state index in [-0.39, 0.29) is 0 Å². The third-order valence-electron chi connectivity index (χ3n) is 2.55. The highest BCUT2D eigenvalue weighted by molar-refractivity contribution is 6.39. The van der Waals surface area contributed by atoms with Crippen molar-refractivity contribution >= 4 is 17.5 Å². The third kappa shape index (κ3) is 3.30. The largest absolute Gasteiger partial charge is 0.383 e. The zero-order valence-electron chi connectivity index (χ0n) is 11.0. The molecule has 2 N–H and O–H groups in total. The molecule has 0 unspecified atom stereocenters. The van der Waals surface area contributed by atoms with E-state index in [2.05, 4.69) is 15.7 Å². The molecule has 1 heterocycles. The number of anilines is 1. The van der Waals surface area contributed by atoms with Crippen LogP contribution in [0.15, 0.2) is 0 Å². The Morgan fingerprint density at radius 3 is 2.50 bits per heavy atom. The third-order valence-corrected chi connectivity index (χ3v) is 2.55. The first kappa shape index (κ1) is 14.2. The highest BCUT2D eigenvalue weighted by atomic mass is 16.5. The minimum absolute atomic E-state index is 0.299. The maximum Gasteiger partial charge on any atom is 0.313 e. The number of nitrogens with one attached hydrogen (secondary N) is 2. The molecule has 1 rings (SSSR count). The van der Waals surface area contributed by atoms with Crippen molar-refractivity contribution in [3.63, 3.8) is 0 Å². The van der Waals surface area contributed by atoms with Gasteiger partial charge >= 0.3 is 11.8 Å². The van der Waals surface area contributed by atoms with Crippen LogP contribution in [0.2, 0.25) is 0 Å². The molecule has 0 aromatic carbocycles. The summed E-state index contributed by atoms with van der Waals surface area (Å²) in [5.41, 5.74) is 2.04. The van der Waals surface area contributed by atoms with Crippen LogP contribution in [0.1, 0.15) is 11.4 Å². The maximum atomic E-state index is 11.6.